The van der Waals surface area contributed by atoms with Crippen molar-refractivity contribution in [3.8, 4) is 5.75 Å². The van der Waals surface area contributed by atoms with Crippen LogP contribution in [0.4, 0.5) is 5.69 Å². The van der Waals surface area contributed by atoms with Crippen LogP contribution in [0.5, 0.6) is 5.75 Å². The summed E-state index contributed by atoms with van der Waals surface area (Å²) in [5, 5.41) is 10.8. The first kappa shape index (κ1) is 26.7. The zero-order valence-corrected chi connectivity index (χ0v) is 23.9. The Kier molecular flexibility index (Phi) is 5.96. The van der Waals surface area contributed by atoms with E-state index < -0.39 is 35.0 Å². The number of likely N-dealkylation sites (tertiary alicyclic amines) is 1. The minimum atomic E-state index is -1.32. The minimum Gasteiger partial charge on any atom is -0.508 e. The van der Waals surface area contributed by atoms with Gasteiger partial charge in [-0.25, -0.2) is 4.90 Å². The van der Waals surface area contributed by atoms with Gasteiger partial charge in [0.15, 0.2) is 0 Å². The molecule has 4 amide bonds. The van der Waals surface area contributed by atoms with E-state index in [9.17, 15) is 19.5 Å². The van der Waals surface area contributed by atoms with Crippen molar-refractivity contribution in [3.05, 3.63) is 106 Å². The predicted molar refractivity (Wildman–Crippen MR) is 157 cm³/mol. The number of aryl methyl sites for hydroxylation is 1. The summed E-state index contributed by atoms with van der Waals surface area (Å²) in [5.41, 5.74) is 2.08. The lowest BCUT2D eigenvalue weighted by molar-refractivity contribution is -0.138. The Morgan fingerprint density at radius 2 is 1.64 bits per heavy atom. The number of hydrogen-bond donors (Lipinski definition) is 1. The van der Waals surface area contributed by atoms with Crippen LogP contribution in [0, 0.1) is 30.6 Å². The van der Waals surface area contributed by atoms with Crippen LogP contribution in [-0.4, -0.2) is 40.7 Å². The highest BCUT2D eigenvalue weighted by molar-refractivity contribution is 6.32. The monoisotopic (exact) mass is 580 g/mol. The van der Waals surface area contributed by atoms with E-state index in [1.807, 2.05) is 42.5 Å². The largest absolute Gasteiger partial charge is 0.508 e. The fraction of sp³-hybridized carbons (Fsp3) is 0.294. The number of allylic oxidation sites excluding steroid dienone is 2. The van der Waals surface area contributed by atoms with Crippen molar-refractivity contribution in [2.24, 2.45) is 23.7 Å². The molecule has 3 aromatic rings. The highest BCUT2D eigenvalue weighted by atomic mass is 35.5. The Bertz CT molecular complexity index is 1720. The molecule has 2 heterocycles. The normalized spacial score (nSPS) is 30.3. The molecule has 0 spiro atoms. The van der Waals surface area contributed by atoms with Crippen molar-refractivity contribution in [1.82, 2.24) is 4.90 Å². The third kappa shape index (κ3) is 3.46. The number of imide groups is 2. The van der Waals surface area contributed by atoms with E-state index in [0.29, 0.717) is 28.3 Å². The van der Waals surface area contributed by atoms with Crippen molar-refractivity contribution in [2.45, 2.75) is 31.1 Å². The number of hydrogen-bond acceptors (Lipinski definition) is 5. The molecular formula is C34H29ClN2O5. The van der Waals surface area contributed by atoms with Crippen LogP contribution in [0.3, 0.4) is 0 Å². The average molecular weight is 581 g/mol. The lowest BCUT2D eigenvalue weighted by Crippen LogP contribution is -2.53. The number of carbonyl (C=O) groups is 4. The molecular weight excluding hydrogens is 552 g/mol. The molecule has 212 valence electrons. The number of carbonyl (C=O) groups excluding carboxylic acids is 4. The topological polar surface area (TPSA) is 95.0 Å². The number of rotatable bonds is 3. The molecule has 0 radical (unpaired) electrons. The number of fused-ring (bicyclic) bond motifs is 4. The smallest absolute Gasteiger partial charge is 0.246 e. The molecule has 4 aliphatic rings. The highest BCUT2D eigenvalue weighted by Crippen LogP contribution is 2.64. The van der Waals surface area contributed by atoms with Gasteiger partial charge in [-0.05, 0) is 66.6 Å². The molecule has 3 aromatic carbocycles. The summed E-state index contributed by atoms with van der Waals surface area (Å²) in [6.45, 7) is 1.80. The van der Waals surface area contributed by atoms with Crippen LogP contribution >= 0.6 is 11.6 Å². The average Bonchev–Trinajstić information content (AvgIpc) is 3.35. The fourth-order valence-electron chi connectivity index (χ4n) is 8.13. The first-order valence-electron chi connectivity index (χ1n) is 14.2. The van der Waals surface area contributed by atoms with Crippen molar-refractivity contribution < 1.29 is 24.3 Å². The van der Waals surface area contributed by atoms with Crippen LogP contribution in [0.15, 0.2) is 84.4 Å². The van der Waals surface area contributed by atoms with E-state index >= 15 is 4.79 Å². The summed E-state index contributed by atoms with van der Waals surface area (Å²) in [5.74, 6) is -3.92. The maximum absolute atomic E-state index is 15.0. The van der Waals surface area contributed by atoms with Gasteiger partial charge in [0.25, 0.3) is 0 Å². The van der Waals surface area contributed by atoms with E-state index in [0.717, 1.165) is 11.1 Å². The van der Waals surface area contributed by atoms with Crippen molar-refractivity contribution >= 4 is 40.9 Å². The molecule has 2 aliphatic heterocycles. The maximum Gasteiger partial charge on any atom is 0.246 e. The predicted octanol–water partition coefficient (Wildman–Crippen LogP) is 5.15. The summed E-state index contributed by atoms with van der Waals surface area (Å²) in [4.78, 5) is 58.7. The van der Waals surface area contributed by atoms with Gasteiger partial charge in [-0.1, -0.05) is 71.8 Å². The molecule has 6 atom stereocenters. The molecule has 0 bridgehead atoms. The molecule has 7 rings (SSSR count). The summed E-state index contributed by atoms with van der Waals surface area (Å²) in [6.07, 6.45) is 2.67. The summed E-state index contributed by atoms with van der Waals surface area (Å²) in [6, 6.07) is 21.4. The van der Waals surface area contributed by atoms with Crippen LogP contribution in [0.1, 0.15) is 35.4 Å². The number of benzene rings is 3. The van der Waals surface area contributed by atoms with Crippen molar-refractivity contribution in [2.75, 3.05) is 11.9 Å². The fourth-order valence-corrected chi connectivity index (χ4v) is 8.32. The van der Waals surface area contributed by atoms with Gasteiger partial charge in [0.1, 0.15) is 5.75 Å². The van der Waals surface area contributed by atoms with Crippen LogP contribution in [0.25, 0.3) is 0 Å². The first-order chi connectivity index (χ1) is 20.2. The van der Waals surface area contributed by atoms with Crippen LogP contribution < -0.4 is 4.90 Å². The summed E-state index contributed by atoms with van der Waals surface area (Å²) < 4.78 is 0. The molecule has 2 aliphatic carbocycles. The third-order valence-corrected chi connectivity index (χ3v) is 10.2. The van der Waals surface area contributed by atoms with Gasteiger partial charge in [-0.3, -0.25) is 24.1 Å². The second kappa shape index (κ2) is 9.39. The van der Waals surface area contributed by atoms with Gasteiger partial charge in [0, 0.05) is 18.0 Å². The molecule has 3 fully saturated rings. The second-order valence-electron chi connectivity index (χ2n) is 11.9. The quantitative estimate of drug-likeness (QED) is 0.342. The van der Waals surface area contributed by atoms with E-state index in [-0.39, 0.29) is 35.8 Å². The Labute approximate surface area is 248 Å². The van der Waals surface area contributed by atoms with E-state index in [4.69, 9.17) is 11.6 Å². The Hall–Kier alpha value is -4.23. The Balaban J connectivity index is 1.52. The lowest BCUT2D eigenvalue weighted by atomic mass is 9.49. The molecule has 0 aromatic heterocycles. The van der Waals surface area contributed by atoms with Gasteiger partial charge < -0.3 is 5.11 Å². The molecule has 8 heteroatoms. The van der Waals surface area contributed by atoms with E-state index in [1.165, 1.54) is 16.8 Å². The third-order valence-electron chi connectivity index (χ3n) is 9.94. The Morgan fingerprint density at radius 1 is 0.881 bits per heavy atom. The zero-order chi connectivity index (χ0) is 29.5. The minimum absolute atomic E-state index is 0.127. The molecule has 7 nitrogen and oxygen atoms in total. The number of anilines is 1. The highest BCUT2D eigenvalue weighted by Gasteiger charge is 2.70. The summed E-state index contributed by atoms with van der Waals surface area (Å²) >= 11 is 6.33. The number of nitrogens with zero attached hydrogens (tertiary/aromatic N) is 2. The van der Waals surface area contributed by atoms with Gasteiger partial charge in [-0.15, -0.1) is 0 Å². The second-order valence-corrected chi connectivity index (χ2v) is 12.3. The standard InChI is InChI=1S/C34H29ClN2O5/c1-18-15-19(11-14-27(18)38)29-23-12-13-24-28(32(41)36(2)30(24)39)25(23)17-26-31(40)37(22-10-6-9-21(35)16-22)33(42)34(26,29)20-7-4-3-5-8-20/h3-12,14-16,24-26,28-29,38H,13,17H2,1-2H3. The van der Waals surface area contributed by atoms with Crippen LogP contribution in [0.2, 0.25) is 5.02 Å². The Morgan fingerprint density at radius 3 is 2.36 bits per heavy atom. The number of aromatic hydroxyl groups is 1. The van der Waals surface area contributed by atoms with E-state index in [2.05, 4.69) is 0 Å². The number of phenolic OH excluding ortho intramolecular Hbond substituents is 1. The van der Waals surface area contributed by atoms with Gasteiger partial charge in [0.05, 0.1) is 28.9 Å². The number of amides is 4. The van der Waals surface area contributed by atoms with Gasteiger partial charge >= 0.3 is 0 Å². The molecule has 1 saturated carbocycles. The van der Waals surface area contributed by atoms with Gasteiger partial charge in [-0.2, -0.15) is 0 Å². The first-order valence-corrected chi connectivity index (χ1v) is 14.5. The van der Waals surface area contributed by atoms with E-state index in [1.54, 1.807) is 43.3 Å². The zero-order valence-electron chi connectivity index (χ0n) is 23.2. The summed E-state index contributed by atoms with van der Waals surface area (Å²) in [7, 11) is 1.52. The molecule has 1 N–H and O–H groups in total. The van der Waals surface area contributed by atoms with Crippen molar-refractivity contribution in [3.63, 3.8) is 0 Å². The van der Waals surface area contributed by atoms with Crippen LogP contribution in [-0.2, 0) is 24.6 Å². The van der Waals surface area contributed by atoms with Crippen molar-refractivity contribution in [1.29, 1.82) is 0 Å². The number of phenols is 1. The molecule has 2 saturated heterocycles. The SMILES string of the molecule is Cc1cc(C2C3=CCC4C(=O)N(C)C(=O)C4C3CC3C(=O)N(c4cccc(Cl)c4)C(=O)C32c2ccccc2)ccc1O. The van der Waals surface area contributed by atoms with Gasteiger partial charge in [0.2, 0.25) is 23.6 Å². The molecule has 42 heavy (non-hydrogen) atoms. The number of halogens is 1. The lowest BCUT2D eigenvalue weighted by Gasteiger charge is -2.50. The molecule has 6 unspecified atom stereocenters. The maximum atomic E-state index is 15.0.